The number of benzene rings is 2. The molecule has 0 saturated heterocycles. The molecule has 0 saturated carbocycles. The predicted molar refractivity (Wildman–Crippen MR) is 79.6 cm³/mol. The maximum atomic E-state index is 11.4. The Balaban J connectivity index is 2.35. The Bertz CT molecular complexity index is 664. The van der Waals surface area contributed by atoms with Gasteiger partial charge in [0.15, 0.2) is 0 Å². The third kappa shape index (κ3) is 3.84. The first-order chi connectivity index (χ1) is 10.2. The molecule has 0 aromatic heterocycles. The lowest BCUT2D eigenvalue weighted by Crippen LogP contribution is -2.05. The summed E-state index contributed by atoms with van der Waals surface area (Å²) in [5.74, 6) is -0.299. The molecular weight excluding hydrogens is 266 g/mol. The van der Waals surface area contributed by atoms with Gasteiger partial charge in [-0.15, -0.1) is 0 Å². The van der Waals surface area contributed by atoms with Gasteiger partial charge in [0.05, 0.1) is 19.6 Å². The van der Waals surface area contributed by atoms with Gasteiger partial charge in [0.1, 0.15) is 0 Å². The fourth-order valence-electron chi connectivity index (χ4n) is 2.12. The van der Waals surface area contributed by atoms with Crippen LogP contribution in [0.4, 0.5) is 0 Å². The van der Waals surface area contributed by atoms with Crippen LogP contribution in [0.3, 0.4) is 0 Å². The van der Waals surface area contributed by atoms with Crippen LogP contribution < -0.4 is 0 Å². The summed E-state index contributed by atoms with van der Waals surface area (Å²) in [7, 11) is 1.36. The quantitative estimate of drug-likeness (QED) is 0.362. The van der Waals surface area contributed by atoms with Gasteiger partial charge in [-0.25, -0.2) is 0 Å². The number of esters is 1. The molecule has 0 aliphatic rings. The molecule has 1 atom stereocenters. The van der Waals surface area contributed by atoms with Crippen LogP contribution in [0.1, 0.15) is 22.7 Å². The first-order valence-electron chi connectivity index (χ1n) is 6.49. The monoisotopic (exact) mass is 281 g/mol. The molecule has 0 heterocycles. The molecule has 1 unspecified atom stereocenters. The van der Waals surface area contributed by atoms with E-state index in [4.69, 9.17) is 5.53 Å². The minimum absolute atomic E-state index is 0.197. The third-order valence-electron chi connectivity index (χ3n) is 3.13. The Kier molecular flexibility index (Phi) is 4.96. The van der Waals surface area contributed by atoms with E-state index in [1.54, 1.807) is 0 Å². The molecule has 21 heavy (non-hydrogen) atoms. The number of carbonyl (C=O) groups excluding carboxylic acids is 1. The van der Waals surface area contributed by atoms with Crippen molar-refractivity contribution in [3.05, 3.63) is 81.7 Å². The molecule has 106 valence electrons. The number of ether oxygens (including phenoxy) is 1. The minimum atomic E-state index is -0.409. The molecule has 0 N–H and O–H groups in total. The number of hydrogen-bond acceptors (Lipinski definition) is 3. The van der Waals surface area contributed by atoms with Crippen LogP contribution in [-0.4, -0.2) is 13.1 Å². The second kappa shape index (κ2) is 7.12. The summed E-state index contributed by atoms with van der Waals surface area (Å²) in [4.78, 5) is 14.3. The maximum Gasteiger partial charge on any atom is 0.309 e. The molecule has 5 heteroatoms. The predicted octanol–water partition coefficient (Wildman–Crippen LogP) is 3.80. The number of azide groups is 1. The highest BCUT2D eigenvalue weighted by Crippen LogP contribution is 2.27. The van der Waals surface area contributed by atoms with E-state index >= 15 is 0 Å². The summed E-state index contributed by atoms with van der Waals surface area (Å²) >= 11 is 0. The van der Waals surface area contributed by atoms with Crippen molar-refractivity contribution in [2.75, 3.05) is 7.11 Å². The summed E-state index contributed by atoms with van der Waals surface area (Å²) in [6, 6.07) is 16.5. The SMILES string of the molecule is COC(=O)Cc1cccc(C(N=[N+]=[N-])c2ccccc2)c1. The molecule has 5 nitrogen and oxygen atoms in total. The maximum absolute atomic E-state index is 11.4. The molecule has 0 aliphatic heterocycles. The molecule has 0 spiro atoms. The van der Waals surface area contributed by atoms with Gasteiger partial charge < -0.3 is 4.74 Å². The van der Waals surface area contributed by atoms with Crippen LogP contribution in [0, 0.1) is 0 Å². The van der Waals surface area contributed by atoms with Gasteiger partial charge in [0, 0.05) is 4.91 Å². The van der Waals surface area contributed by atoms with Crippen LogP contribution in [0.2, 0.25) is 0 Å². The number of methoxy groups -OCH3 is 1. The van der Waals surface area contributed by atoms with Gasteiger partial charge in [-0.3, -0.25) is 4.79 Å². The Morgan fingerprint density at radius 1 is 1.19 bits per heavy atom. The van der Waals surface area contributed by atoms with Crippen molar-refractivity contribution >= 4 is 5.97 Å². The minimum Gasteiger partial charge on any atom is -0.469 e. The standard InChI is InChI=1S/C16H15N3O2/c1-21-15(20)11-12-6-5-9-14(10-12)16(18-19-17)13-7-3-2-4-8-13/h2-10,16H,11H2,1H3. The van der Waals surface area contributed by atoms with Crippen LogP contribution in [0.25, 0.3) is 10.4 Å². The molecule has 2 aromatic rings. The topological polar surface area (TPSA) is 75.1 Å². The molecule has 2 aromatic carbocycles. The van der Waals surface area contributed by atoms with Crippen LogP contribution in [-0.2, 0) is 16.0 Å². The summed E-state index contributed by atoms with van der Waals surface area (Å²) in [6.07, 6.45) is 0.197. The average Bonchev–Trinajstić information content (AvgIpc) is 2.53. The highest BCUT2D eigenvalue weighted by Gasteiger charge is 2.13. The van der Waals surface area contributed by atoms with Gasteiger partial charge in [-0.1, -0.05) is 59.7 Å². The average molecular weight is 281 g/mol. The fraction of sp³-hybridized carbons (Fsp3) is 0.188. The van der Waals surface area contributed by atoms with Crippen LogP contribution in [0.5, 0.6) is 0 Å². The van der Waals surface area contributed by atoms with Gasteiger partial charge in [0.25, 0.3) is 0 Å². The van der Waals surface area contributed by atoms with E-state index in [2.05, 4.69) is 14.8 Å². The van der Waals surface area contributed by atoms with Crippen molar-refractivity contribution in [2.24, 2.45) is 5.11 Å². The smallest absolute Gasteiger partial charge is 0.309 e. The molecule has 0 aliphatic carbocycles. The largest absolute Gasteiger partial charge is 0.469 e. The fourth-order valence-corrected chi connectivity index (χ4v) is 2.12. The van der Waals surface area contributed by atoms with Crippen molar-refractivity contribution in [3.8, 4) is 0 Å². The van der Waals surface area contributed by atoms with Crippen molar-refractivity contribution in [3.63, 3.8) is 0 Å². The number of carbonyl (C=O) groups is 1. The van der Waals surface area contributed by atoms with E-state index in [0.29, 0.717) is 0 Å². The lowest BCUT2D eigenvalue weighted by molar-refractivity contribution is -0.139. The molecule has 0 radical (unpaired) electrons. The van der Waals surface area contributed by atoms with Crippen LogP contribution >= 0.6 is 0 Å². The highest BCUT2D eigenvalue weighted by molar-refractivity contribution is 5.72. The van der Waals surface area contributed by atoms with E-state index in [0.717, 1.165) is 16.7 Å². The summed E-state index contributed by atoms with van der Waals surface area (Å²) in [5.41, 5.74) is 11.4. The number of nitrogens with zero attached hydrogens (tertiary/aromatic N) is 3. The van der Waals surface area contributed by atoms with Crippen LogP contribution in [0.15, 0.2) is 59.7 Å². The van der Waals surface area contributed by atoms with Gasteiger partial charge in [-0.05, 0) is 22.2 Å². The Morgan fingerprint density at radius 2 is 1.90 bits per heavy atom. The zero-order valence-corrected chi connectivity index (χ0v) is 11.6. The Labute approximate surface area is 122 Å². The second-order valence-electron chi connectivity index (χ2n) is 4.52. The number of rotatable bonds is 5. The van der Waals surface area contributed by atoms with Crippen molar-refractivity contribution in [1.29, 1.82) is 0 Å². The van der Waals surface area contributed by atoms with Crippen molar-refractivity contribution < 1.29 is 9.53 Å². The molecule has 2 rings (SSSR count). The first kappa shape index (κ1) is 14.6. The zero-order valence-electron chi connectivity index (χ0n) is 11.6. The van der Waals surface area contributed by atoms with Gasteiger partial charge in [-0.2, -0.15) is 0 Å². The Hall–Kier alpha value is -2.78. The second-order valence-corrected chi connectivity index (χ2v) is 4.52. The summed E-state index contributed by atoms with van der Waals surface area (Å²) in [6.45, 7) is 0. The summed E-state index contributed by atoms with van der Waals surface area (Å²) < 4.78 is 4.67. The lowest BCUT2D eigenvalue weighted by atomic mass is 9.97. The normalized spacial score (nSPS) is 11.3. The Morgan fingerprint density at radius 3 is 2.57 bits per heavy atom. The van der Waals surface area contributed by atoms with E-state index in [1.807, 2.05) is 54.6 Å². The van der Waals surface area contributed by atoms with E-state index in [-0.39, 0.29) is 12.4 Å². The van der Waals surface area contributed by atoms with E-state index in [1.165, 1.54) is 7.11 Å². The highest BCUT2D eigenvalue weighted by atomic mass is 16.5. The van der Waals surface area contributed by atoms with Crippen molar-refractivity contribution in [2.45, 2.75) is 12.5 Å². The third-order valence-corrected chi connectivity index (χ3v) is 3.13. The molecule has 0 amide bonds. The summed E-state index contributed by atoms with van der Waals surface area (Å²) in [5, 5.41) is 3.87. The zero-order chi connectivity index (χ0) is 15.1. The number of hydrogen-bond donors (Lipinski definition) is 0. The van der Waals surface area contributed by atoms with E-state index in [9.17, 15) is 4.79 Å². The van der Waals surface area contributed by atoms with Gasteiger partial charge >= 0.3 is 5.97 Å². The molecule has 0 bridgehead atoms. The molecule has 0 fully saturated rings. The first-order valence-corrected chi connectivity index (χ1v) is 6.49. The van der Waals surface area contributed by atoms with Crippen molar-refractivity contribution in [1.82, 2.24) is 0 Å². The molecular formula is C16H15N3O2. The van der Waals surface area contributed by atoms with Gasteiger partial charge in [0.2, 0.25) is 0 Å². The van der Waals surface area contributed by atoms with E-state index < -0.39 is 6.04 Å². The lowest BCUT2D eigenvalue weighted by Gasteiger charge is -2.13.